The Hall–Kier alpha value is -7.04. The van der Waals surface area contributed by atoms with Crippen LogP contribution >= 0.6 is 0 Å². The van der Waals surface area contributed by atoms with Gasteiger partial charge >= 0.3 is 0 Å². The van der Waals surface area contributed by atoms with Gasteiger partial charge in [0, 0.05) is 54.2 Å². The Bertz CT molecular complexity index is 3140. The molecular formula is C48H26O4. The average Bonchev–Trinajstić information content (AvgIpc) is 3.96. The predicted molar refractivity (Wildman–Crippen MR) is 212 cm³/mol. The second-order valence-corrected chi connectivity index (χ2v) is 13.6. The molecule has 0 amide bonds. The third-order valence-electron chi connectivity index (χ3n) is 10.7. The van der Waals surface area contributed by atoms with Gasteiger partial charge in [-0.1, -0.05) is 121 Å². The van der Waals surface area contributed by atoms with Gasteiger partial charge in [-0.25, -0.2) is 0 Å². The van der Waals surface area contributed by atoms with E-state index >= 15 is 0 Å². The van der Waals surface area contributed by atoms with Gasteiger partial charge in [0.05, 0.1) is 0 Å². The molecule has 0 saturated carbocycles. The topological polar surface area (TPSA) is 52.6 Å². The first kappa shape index (κ1) is 27.7. The fourth-order valence-corrected chi connectivity index (χ4v) is 8.34. The molecule has 0 spiro atoms. The van der Waals surface area contributed by atoms with Crippen LogP contribution in [0.15, 0.2) is 175 Å². The minimum atomic E-state index is 0.855. The van der Waals surface area contributed by atoms with Crippen LogP contribution in [0.25, 0.3) is 121 Å². The summed E-state index contributed by atoms with van der Waals surface area (Å²) in [6, 6.07) is 54.7. The molecule has 12 rings (SSSR count). The normalized spacial score (nSPS) is 12.2. The first-order valence-corrected chi connectivity index (χ1v) is 17.5. The lowest BCUT2D eigenvalue weighted by molar-refractivity contribution is 0.664. The van der Waals surface area contributed by atoms with Crippen LogP contribution in [0.3, 0.4) is 0 Å². The second-order valence-electron chi connectivity index (χ2n) is 13.6. The third kappa shape index (κ3) is 3.81. The van der Waals surface area contributed by atoms with Gasteiger partial charge in [-0.2, -0.15) is 0 Å². The Labute approximate surface area is 295 Å². The van der Waals surface area contributed by atoms with Crippen molar-refractivity contribution in [1.29, 1.82) is 0 Å². The molecule has 4 nitrogen and oxygen atoms in total. The first-order valence-electron chi connectivity index (χ1n) is 17.5. The van der Waals surface area contributed by atoms with Crippen molar-refractivity contribution in [2.24, 2.45) is 0 Å². The second kappa shape index (κ2) is 10.3. The van der Waals surface area contributed by atoms with Crippen LogP contribution in [-0.4, -0.2) is 0 Å². The van der Waals surface area contributed by atoms with Crippen LogP contribution in [0, 0.1) is 0 Å². The Balaban J connectivity index is 1.01. The highest BCUT2D eigenvalue weighted by atomic mass is 16.3. The summed E-state index contributed by atoms with van der Waals surface area (Å²) in [6.07, 6.45) is 0. The largest absolute Gasteiger partial charge is 0.456 e. The Morgan fingerprint density at radius 1 is 0.250 bits per heavy atom. The van der Waals surface area contributed by atoms with Crippen molar-refractivity contribution in [2.45, 2.75) is 0 Å². The summed E-state index contributed by atoms with van der Waals surface area (Å²) in [5.41, 5.74) is 13.4. The molecule has 0 aliphatic carbocycles. The number of benzene rings is 8. The van der Waals surface area contributed by atoms with E-state index < -0.39 is 0 Å². The van der Waals surface area contributed by atoms with Gasteiger partial charge in [-0.05, 0) is 58.7 Å². The van der Waals surface area contributed by atoms with E-state index in [0.717, 1.165) is 121 Å². The van der Waals surface area contributed by atoms with E-state index in [1.807, 2.05) is 48.5 Å². The molecule has 0 aliphatic heterocycles. The molecule has 242 valence electrons. The van der Waals surface area contributed by atoms with Crippen molar-refractivity contribution in [2.75, 3.05) is 0 Å². The molecule has 4 heterocycles. The summed E-state index contributed by atoms with van der Waals surface area (Å²) >= 11 is 0. The monoisotopic (exact) mass is 666 g/mol. The van der Waals surface area contributed by atoms with Crippen LogP contribution < -0.4 is 0 Å². The fraction of sp³-hybridized carbons (Fsp3) is 0. The Morgan fingerprint density at radius 2 is 0.577 bits per heavy atom. The van der Waals surface area contributed by atoms with Gasteiger partial charge in [0.25, 0.3) is 0 Å². The highest BCUT2D eigenvalue weighted by Gasteiger charge is 2.23. The predicted octanol–water partition coefficient (Wildman–Crippen LogP) is 14.3. The van der Waals surface area contributed by atoms with Gasteiger partial charge in [0.15, 0.2) is 0 Å². The highest BCUT2D eigenvalue weighted by molar-refractivity contribution is 6.25. The number of hydrogen-bond donors (Lipinski definition) is 0. The molecule has 52 heavy (non-hydrogen) atoms. The highest BCUT2D eigenvalue weighted by Crippen LogP contribution is 2.47. The zero-order chi connectivity index (χ0) is 33.9. The molecule has 0 fully saturated rings. The van der Waals surface area contributed by atoms with E-state index in [2.05, 4.69) is 109 Å². The third-order valence-corrected chi connectivity index (χ3v) is 10.7. The summed E-state index contributed by atoms with van der Waals surface area (Å²) in [5.74, 6) is 0. The quantitative estimate of drug-likeness (QED) is 0.188. The van der Waals surface area contributed by atoms with Crippen molar-refractivity contribution in [1.82, 2.24) is 0 Å². The first-order chi connectivity index (χ1) is 25.8. The lowest BCUT2D eigenvalue weighted by Crippen LogP contribution is -1.85. The number of rotatable bonds is 3. The Kier molecular flexibility index (Phi) is 5.47. The summed E-state index contributed by atoms with van der Waals surface area (Å²) in [5, 5.41) is 8.55. The van der Waals surface area contributed by atoms with Gasteiger partial charge < -0.3 is 17.7 Å². The summed E-state index contributed by atoms with van der Waals surface area (Å²) < 4.78 is 26.0. The number of hydrogen-bond acceptors (Lipinski definition) is 4. The maximum Gasteiger partial charge on any atom is 0.144 e. The zero-order valence-corrected chi connectivity index (χ0v) is 27.6. The molecule has 0 N–H and O–H groups in total. The summed E-state index contributed by atoms with van der Waals surface area (Å²) in [7, 11) is 0. The molecule has 4 aromatic heterocycles. The smallest absolute Gasteiger partial charge is 0.144 e. The number of fused-ring (bicyclic) bond motifs is 12. The Morgan fingerprint density at radius 3 is 0.981 bits per heavy atom. The van der Waals surface area contributed by atoms with Gasteiger partial charge in [-0.3, -0.25) is 0 Å². The van der Waals surface area contributed by atoms with E-state index in [1.165, 1.54) is 0 Å². The van der Waals surface area contributed by atoms with Gasteiger partial charge in [0.1, 0.15) is 44.7 Å². The minimum absolute atomic E-state index is 0.855. The van der Waals surface area contributed by atoms with E-state index in [-0.39, 0.29) is 0 Å². The standard InChI is InChI=1S/C48H26O4/c1-5-13-37-31(9-1)35-25-41-45(33-11-3-7-15-39(33)49-41)43(47(35)51-37)29-21-17-27(18-22-29)28-19-23-30(24-20-28)44-46-34-12-4-8-16-40(34)50-42(46)26-36-32-10-2-6-14-38(32)52-48(36)44/h1-26H. The van der Waals surface area contributed by atoms with Crippen molar-refractivity contribution >= 4 is 87.8 Å². The van der Waals surface area contributed by atoms with Gasteiger partial charge in [0.2, 0.25) is 0 Å². The van der Waals surface area contributed by atoms with E-state index in [0.29, 0.717) is 0 Å². The molecule has 0 radical (unpaired) electrons. The number of furan rings is 4. The number of para-hydroxylation sites is 4. The van der Waals surface area contributed by atoms with Crippen LogP contribution in [0.1, 0.15) is 0 Å². The van der Waals surface area contributed by atoms with Crippen LogP contribution in [0.2, 0.25) is 0 Å². The molecule has 4 heteroatoms. The van der Waals surface area contributed by atoms with E-state index in [4.69, 9.17) is 17.7 Å². The van der Waals surface area contributed by atoms with Crippen LogP contribution in [-0.2, 0) is 0 Å². The summed E-state index contributed by atoms with van der Waals surface area (Å²) in [4.78, 5) is 0. The summed E-state index contributed by atoms with van der Waals surface area (Å²) in [6.45, 7) is 0. The van der Waals surface area contributed by atoms with E-state index in [9.17, 15) is 0 Å². The zero-order valence-electron chi connectivity index (χ0n) is 27.6. The average molecular weight is 667 g/mol. The van der Waals surface area contributed by atoms with E-state index in [1.54, 1.807) is 0 Å². The maximum absolute atomic E-state index is 6.58. The molecule has 0 aliphatic rings. The molecular weight excluding hydrogens is 641 g/mol. The molecule has 0 saturated heterocycles. The SMILES string of the molecule is c1ccc2c(c1)oc1c(-c3ccc(-c4ccc(-c5c6oc7ccccc7c6cc6oc7ccccc7c56)cc4)cc3)c3c(cc12)oc1ccccc13. The van der Waals surface area contributed by atoms with Crippen molar-refractivity contribution < 1.29 is 17.7 Å². The van der Waals surface area contributed by atoms with Crippen molar-refractivity contribution in [3.05, 3.63) is 158 Å². The van der Waals surface area contributed by atoms with Crippen molar-refractivity contribution in [3.8, 4) is 33.4 Å². The lowest BCUT2D eigenvalue weighted by Gasteiger charge is -2.09. The molecule has 0 unspecified atom stereocenters. The fourth-order valence-electron chi connectivity index (χ4n) is 8.34. The maximum atomic E-state index is 6.58. The van der Waals surface area contributed by atoms with Gasteiger partial charge in [-0.15, -0.1) is 0 Å². The van der Waals surface area contributed by atoms with Crippen LogP contribution in [0.5, 0.6) is 0 Å². The van der Waals surface area contributed by atoms with Crippen LogP contribution in [0.4, 0.5) is 0 Å². The molecule has 0 bridgehead atoms. The molecule has 8 aromatic carbocycles. The molecule has 0 atom stereocenters. The molecule has 12 aromatic rings. The minimum Gasteiger partial charge on any atom is -0.456 e. The van der Waals surface area contributed by atoms with Crippen molar-refractivity contribution in [3.63, 3.8) is 0 Å². The lowest BCUT2D eigenvalue weighted by atomic mass is 9.93.